The largest absolute Gasteiger partial charge is 0.478 e. The molecule has 0 radical (unpaired) electrons. The van der Waals surface area contributed by atoms with Crippen molar-refractivity contribution >= 4 is 23.8 Å². The monoisotopic (exact) mass is 235 g/mol. The van der Waals surface area contributed by atoms with E-state index in [0.29, 0.717) is 11.4 Å². The number of carbonyl (C=O) groups excluding carboxylic acids is 1. The van der Waals surface area contributed by atoms with Crippen molar-refractivity contribution in [2.45, 2.75) is 0 Å². The van der Waals surface area contributed by atoms with Crippen molar-refractivity contribution in [2.24, 2.45) is 5.73 Å². The number of aromatic nitrogens is 1. The number of rotatable bonds is 5. The summed E-state index contributed by atoms with van der Waals surface area (Å²) >= 11 is 0. The Bertz CT molecular complexity index is 440. The third kappa shape index (κ3) is 4.33. The first-order chi connectivity index (χ1) is 7.99. The van der Waals surface area contributed by atoms with Crippen LogP contribution in [0.3, 0.4) is 0 Å². The topological polar surface area (TPSA) is 96.5 Å². The van der Waals surface area contributed by atoms with Gasteiger partial charge in [0.1, 0.15) is 5.82 Å². The number of carboxylic acid groups (broad SMARTS) is 1. The Labute approximate surface area is 98.4 Å². The van der Waals surface area contributed by atoms with E-state index in [0.717, 1.165) is 6.08 Å². The van der Waals surface area contributed by atoms with E-state index in [2.05, 4.69) is 4.98 Å². The number of likely N-dealkylation sites (N-methyl/N-ethyl adjacent to an activating group) is 1. The van der Waals surface area contributed by atoms with Crippen LogP contribution in [-0.2, 0) is 9.59 Å². The molecule has 1 heterocycles. The fourth-order valence-electron chi connectivity index (χ4n) is 1.20. The second kappa shape index (κ2) is 5.64. The van der Waals surface area contributed by atoms with Crippen LogP contribution < -0.4 is 10.6 Å². The molecule has 0 aliphatic heterocycles. The molecule has 0 aliphatic rings. The van der Waals surface area contributed by atoms with Crippen LogP contribution in [0.15, 0.2) is 24.4 Å². The van der Waals surface area contributed by atoms with Gasteiger partial charge in [0.05, 0.1) is 6.54 Å². The third-order valence-electron chi connectivity index (χ3n) is 1.97. The van der Waals surface area contributed by atoms with Crippen molar-refractivity contribution in [2.75, 3.05) is 18.5 Å². The zero-order valence-electron chi connectivity index (χ0n) is 9.33. The molecule has 1 rings (SSSR count). The summed E-state index contributed by atoms with van der Waals surface area (Å²) in [5.74, 6) is -0.861. The average molecular weight is 235 g/mol. The lowest BCUT2D eigenvalue weighted by atomic mass is 10.2. The fourth-order valence-corrected chi connectivity index (χ4v) is 1.20. The number of carbonyl (C=O) groups is 2. The normalized spacial score (nSPS) is 10.4. The first kappa shape index (κ1) is 12.7. The van der Waals surface area contributed by atoms with Gasteiger partial charge in [-0.05, 0) is 23.8 Å². The Balaban J connectivity index is 2.74. The Hall–Kier alpha value is -2.37. The van der Waals surface area contributed by atoms with Gasteiger partial charge in [-0.15, -0.1) is 0 Å². The Morgan fingerprint density at radius 3 is 2.71 bits per heavy atom. The SMILES string of the molecule is CN(CC(N)=O)c1ccc(/C=C/C(=O)O)cn1. The summed E-state index contributed by atoms with van der Waals surface area (Å²) in [6.07, 6.45) is 3.99. The maximum Gasteiger partial charge on any atom is 0.328 e. The Morgan fingerprint density at radius 1 is 1.53 bits per heavy atom. The second-order valence-electron chi connectivity index (χ2n) is 3.44. The van der Waals surface area contributed by atoms with Gasteiger partial charge in [0.2, 0.25) is 5.91 Å². The molecule has 1 aromatic heterocycles. The summed E-state index contributed by atoms with van der Waals surface area (Å²) in [7, 11) is 1.69. The summed E-state index contributed by atoms with van der Waals surface area (Å²) < 4.78 is 0. The second-order valence-corrected chi connectivity index (χ2v) is 3.44. The highest BCUT2D eigenvalue weighted by Gasteiger charge is 2.04. The number of anilines is 1. The number of carboxylic acids is 1. The van der Waals surface area contributed by atoms with Crippen LogP contribution >= 0.6 is 0 Å². The maximum atomic E-state index is 10.7. The van der Waals surface area contributed by atoms with Crippen LogP contribution in [0.1, 0.15) is 5.56 Å². The molecule has 17 heavy (non-hydrogen) atoms. The molecule has 0 spiro atoms. The van der Waals surface area contributed by atoms with Crippen molar-refractivity contribution in [3.8, 4) is 0 Å². The molecule has 0 bridgehead atoms. The lowest BCUT2D eigenvalue weighted by Crippen LogP contribution is -2.30. The lowest BCUT2D eigenvalue weighted by molar-refractivity contribution is -0.131. The molecule has 6 heteroatoms. The number of aliphatic carboxylic acids is 1. The molecular weight excluding hydrogens is 222 g/mol. The zero-order chi connectivity index (χ0) is 12.8. The standard InChI is InChI=1S/C11H13N3O3/c1-14(7-9(12)15)10-4-2-8(6-13-10)3-5-11(16)17/h2-6H,7H2,1H3,(H2,12,15)(H,16,17)/b5-3+. The van der Waals surface area contributed by atoms with Crippen molar-refractivity contribution in [1.29, 1.82) is 0 Å². The minimum Gasteiger partial charge on any atom is -0.478 e. The van der Waals surface area contributed by atoms with Crippen LogP contribution in [0, 0.1) is 0 Å². The Kier molecular flexibility index (Phi) is 4.21. The van der Waals surface area contributed by atoms with Gasteiger partial charge in [-0.1, -0.05) is 0 Å². The minimum atomic E-state index is -1.01. The van der Waals surface area contributed by atoms with Crippen LogP contribution in [-0.4, -0.2) is 35.6 Å². The highest BCUT2D eigenvalue weighted by atomic mass is 16.4. The highest BCUT2D eigenvalue weighted by Crippen LogP contribution is 2.10. The van der Waals surface area contributed by atoms with Gasteiger partial charge in [0.25, 0.3) is 0 Å². The van der Waals surface area contributed by atoms with Gasteiger partial charge >= 0.3 is 5.97 Å². The molecular formula is C11H13N3O3. The summed E-state index contributed by atoms with van der Waals surface area (Å²) in [5.41, 5.74) is 5.73. The summed E-state index contributed by atoms with van der Waals surface area (Å²) in [5, 5.41) is 8.45. The average Bonchev–Trinajstić information content (AvgIpc) is 2.26. The molecule has 6 nitrogen and oxygen atoms in total. The lowest BCUT2D eigenvalue weighted by Gasteiger charge is -2.15. The number of pyridine rings is 1. The summed E-state index contributed by atoms with van der Waals surface area (Å²) in [4.78, 5) is 26.7. The number of hydrogen-bond donors (Lipinski definition) is 2. The predicted octanol–water partition coefficient (Wildman–Crippen LogP) is 0.101. The van der Waals surface area contributed by atoms with E-state index in [1.807, 2.05) is 0 Å². The molecule has 1 amide bonds. The number of amides is 1. The molecule has 0 atom stereocenters. The summed E-state index contributed by atoms with van der Waals surface area (Å²) in [6.45, 7) is 0.0807. The van der Waals surface area contributed by atoms with E-state index in [-0.39, 0.29) is 6.54 Å². The molecule has 90 valence electrons. The number of hydrogen-bond acceptors (Lipinski definition) is 4. The molecule has 0 aliphatic carbocycles. The van der Waals surface area contributed by atoms with Crippen LogP contribution in [0.4, 0.5) is 5.82 Å². The molecule has 3 N–H and O–H groups in total. The van der Waals surface area contributed by atoms with Crippen LogP contribution in [0.5, 0.6) is 0 Å². The molecule has 0 unspecified atom stereocenters. The van der Waals surface area contributed by atoms with Crippen molar-refractivity contribution in [3.05, 3.63) is 30.0 Å². The molecule has 0 saturated carbocycles. The molecule has 0 aromatic carbocycles. The first-order valence-corrected chi connectivity index (χ1v) is 4.85. The van der Waals surface area contributed by atoms with Crippen LogP contribution in [0.2, 0.25) is 0 Å². The molecule has 0 saturated heterocycles. The number of primary amides is 1. The van der Waals surface area contributed by atoms with E-state index >= 15 is 0 Å². The van der Waals surface area contributed by atoms with Gasteiger partial charge in [0, 0.05) is 19.3 Å². The van der Waals surface area contributed by atoms with Crippen molar-refractivity contribution < 1.29 is 14.7 Å². The van der Waals surface area contributed by atoms with Crippen LogP contribution in [0.25, 0.3) is 6.08 Å². The van der Waals surface area contributed by atoms with E-state index in [9.17, 15) is 9.59 Å². The van der Waals surface area contributed by atoms with E-state index in [4.69, 9.17) is 10.8 Å². The summed E-state index contributed by atoms with van der Waals surface area (Å²) in [6, 6.07) is 3.39. The zero-order valence-corrected chi connectivity index (χ0v) is 9.33. The van der Waals surface area contributed by atoms with Gasteiger partial charge in [-0.2, -0.15) is 0 Å². The molecule has 1 aromatic rings. The van der Waals surface area contributed by atoms with Gasteiger partial charge in [0.15, 0.2) is 0 Å². The van der Waals surface area contributed by atoms with E-state index in [1.54, 1.807) is 24.1 Å². The highest BCUT2D eigenvalue weighted by molar-refractivity contribution is 5.85. The number of nitrogens with zero attached hydrogens (tertiary/aromatic N) is 2. The fraction of sp³-hybridized carbons (Fsp3) is 0.182. The van der Waals surface area contributed by atoms with E-state index in [1.165, 1.54) is 12.3 Å². The van der Waals surface area contributed by atoms with Gasteiger partial charge in [-0.25, -0.2) is 9.78 Å². The van der Waals surface area contributed by atoms with Crippen molar-refractivity contribution in [1.82, 2.24) is 4.98 Å². The van der Waals surface area contributed by atoms with Crippen molar-refractivity contribution in [3.63, 3.8) is 0 Å². The maximum absolute atomic E-state index is 10.7. The van der Waals surface area contributed by atoms with Gasteiger partial charge in [-0.3, -0.25) is 4.79 Å². The number of nitrogens with two attached hydrogens (primary N) is 1. The Morgan fingerprint density at radius 2 is 2.24 bits per heavy atom. The quantitative estimate of drug-likeness (QED) is 0.705. The van der Waals surface area contributed by atoms with E-state index < -0.39 is 11.9 Å². The predicted molar refractivity (Wildman–Crippen MR) is 63.4 cm³/mol. The smallest absolute Gasteiger partial charge is 0.328 e. The van der Waals surface area contributed by atoms with Gasteiger partial charge < -0.3 is 15.7 Å². The molecule has 0 fully saturated rings. The minimum absolute atomic E-state index is 0.0807. The third-order valence-corrected chi connectivity index (χ3v) is 1.97. The first-order valence-electron chi connectivity index (χ1n) is 4.85.